The summed E-state index contributed by atoms with van der Waals surface area (Å²) in [5.41, 5.74) is 1.85. The van der Waals surface area contributed by atoms with Gasteiger partial charge in [0, 0.05) is 18.5 Å². The number of hydrogen-bond acceptors (Lipinski definition) is 3. The zero-order chi connectivity index (χ0) is 16.1. The van der Waals surface area contributed by atoms with Crippen LogP contribution in [0.3, 0.4) is 0 Å². The second kappa shape index (κ2) is 7.26. The fourth-order valence-corrected chi connectivity index (χ4v) is 3.16. The number of benzene rings is 2. The van der Waals surface area contributed by atoms with Crippen molar-refractivity contribution in [3.8, 4) is 0 Å². The first kappa shape index (κ1) is 15.5. The van der Waals surface area contributed by atoms with Gasteiger partial charge in [-0.15, -0.1) is 0 Å². The molecular weight excluding hydrogens is 308 g/mol. The van der Waals surface area contributed by atoms with Gasteiger partial charge in [-0.25, -0.2) is 4.79 Å². The number of urea groups is 1. The van der Waals surface area contributed by atoms with E-state index in [-0.39, 0.29) is 12.6 Å². The molecule has 2 amide bonds. The molecule has 0 aliphatic heterocycles. The van der Waals surface area contributed by atoms with Crippen LogP contribution in [0.15, 0.2) is 59.3 Å². The van der Waals surface area contributed by atoms with Crippen molar-refractivity contribution in [2.75, 3.05) is 18.5 Å². The van der Waals surface area contributed by atoms with E-state index in [1.165, 1.54) is 0 Å². The number of carbonyl (C=O) groups excluding carboxylic acids is 1. The molecule has 23 heavy (non-hydrogen) atoms. The maximum Gasteiger partial charge on any atom is 0.322 e. The Labute approximate surface area is 139 Å². The summed E-state index contributed by atoms with van der Waals surface area (Å²) < 4.78 is 0. The number of nitrogens with one attached hydrogen (secondary N) is 1. The summed E-state index contributed by atoms with van der Waals surface area (Å²) in [7, 11) is 0. The Morgan fingerprint density at radius 3 is 2.74 bits per heavy atom. The molecule has 1 heterocycles. The Balaban J connectivity index is 1.80. The number of anilines is 1. The number of nitrogens with zero attached hydrogens (tertiary/aromatic N) is 1. The molecule has 0 fully saturated rings. The Morgan fingerprint density at radius 1 is 1.13 bits per heavy atom. The van der Waals surface area contributed by atoms with Crippen molar-refractivity contribution in [2.45, 2.75) is 6.54 Å². The van der Waals surface area contributed by atoms with Crippen LogP contribution in [0.4, 0.5) is 10.5 Å². The number of aliphatic hydroxyl groups excluding tert-OH is 1. The molecular formula is C18H18N2O2S. The summed E-state index contributed by atoms with van der Waals surface area (Å²) in [5, 5.41) is 18.3. The third-order valence-corrected chi connectivity index (χ3v) is 4.37. The zero-order valence-electron chi connectivity index (χ0n) is 12.6. The lowest BCUT2D eigenvalue weighted by Crippen LogP contribution is -2.36. The smallest absolute Gasteiger partial charge is 0.322 e. The van der Waals surface area contributed by atoms with Crippen molar-refractivity contribution in [3.05, 3.63) is 64.9 Å². The topological polar surface area (TPSA) is 52.6 Å². The van der Waals surface area contributed by atoms with Crippen LogP contribution < -0.4 is 5.32 Å². The van der Waals surface area contributed by atoms with Crippen molar-refractivity contribution in [2.24, 2.45) is 0 Å². The van der Waals surface area contributed by atoms with Crippen LogP contribution in [0.25, 0.3) is 10.8 Å². The maximum absolute atomic E-state index is 12.6. The molecule has 2 N–H and O–H groups in total. The zero-order valence-corrected chi connectivity index (χ0v) is 13.4. The Morgan fingerprint density at radius 2 is 1.96 bits per heavy atom. The average Bonchev–Trinajstić information content (AvgIpc) is 3.08. The van der Waals surface area contributed by atoms with Gasteiger partial charge < -0.3 is 15.3 Å². The second-order valence-corrected chi connectivity index (χ2v) is 6.01. The minimum atomic E-state index is -0.207. The van der Waals surface area contributed by atoms with Crippen LogP contribution in [-0.4, -0.2) is 29.2 Å². The van der Waals surface area contributed by atoms with E-state index in [9.17, 15) is 9.90 Å². The van der Waals surface area contributed by atoms with Crippen LogP contribution in [0.5, 0.6) is 0 Å². The van der Waals surface area contributed by atoms with Gasteiger partial charge >= 0.3 is 6.03 Å². The van der Waals surface area contributed by atoms with Crippen LogP contribution in [0, 0.1) is 0 Å². The lowest BCUT2D eigenvalue weighted by Gasteiger charge is -2.22. The number of amides is 2. The number of hydrogen-bond donors (Lipinski definition) is 2. The summed E-state index contributed by atoms with van der Waals surface area (Å²) in [4.78, 5) is 14.2. The van der Waals surface area contributed by atoms with Crippen LogP contribution >= 0.6 is 11.3 Å². The van der Waals surface area contributed by atoms with Gasteiger partial charge in [-0.05, 0) is 33.8 Å². The highest BCUT2D eigenvalue weighted by Gasteiger charge is 2.15. The number of thiophene rings is 1. The standard InChI is InChI=1S/C18H18N2O2S/c21-10-9-20(12-14-8-11-23-13-14)18(22)19-17-7-3-5-15-4-1-2-6-16(15)17/h1-8,11,13,21H,9-10,12H2,(H,19,22). The molecule has 0 aliphatic carbocycles. The van der Waals surface area contributed by atoms with E-state index >= 15 is 0 Å². The average molecular weight is 326 g/mol. The van der Waals surface area contributed by atoms with E-state index < -0.39 is 0 Å². The molecule has 0 saturated heterocycles. The molecule has 0 radical (unpaired) electrons. The Bertz CT molecular complexity index is 781. The van der Waals surface area contributed by atoms with E-state index in [0.29, 0.717) is 13.1 Å². The summed E-state index contributed by atoms with van der Waals surface area (Å²) in [6.45, 7) is 0.722. The van der Waals surface area contributed by atoms with Gasteiger partial charge in [0.25, 0.3) is 0 Å². The predicted molar refractivity (Wildman–Crippen MR) is 94.8 cm³/mol. The predicted octanol–water partition coefficient (Wildman–Crippen LogP) is 3.93. The highest BCUT2D eigenvalue weighted by molar-refractivity contribution is 7.07. The fourth-order valence-electron chi connectivity index (χ4n) is 2.50. The van der Waals surface area contributed by atoms with Gasteiger partial charge in [0.2, 0.25) is 0 Å². The summed E-state index contributed by atoms with van der Waals surface area (Å²) in [5.74, 6) is 0. The number of fused-ring (bicyclic) bond motifs is 1. The lowest BCUT2D eigenvalue weighted by atomic mass is 10.1. The first-order chi connectivity index (χ1) is 11.3. The minimum Gasteiger partial charge on any atom is -0.395 e. The van der Waals surface area contributed by atoms with Gasteiger partial charge in [-0.1, -0.05) is 36.4 Å². The lowest BCUT2D eigenvalue weighted by molar-refractivity contribution is 0.185. The van der Waals surface area contributed by atoms with Crippen molar-refractivity contribution < 1.29 is 9.90 Å². The normalized spacial score (nSPS) is 10.7. The molecule has 0 unspecified atom stereocenters. The molecule has 1 aromatic heterocycles. The largest absolute Gasteiger partial charge is 0.395 e. The molecule has 118 valence electrons. The van der Waals surface area contributed by atoms with Gasteiger partial charge in [-0.2, -0.15) is 11.3 Å². The molecule has 4 nitrogen and oxygen atoms in total. The maximum atomic E-state index is 12.6. The number of carbonyl (C=O) groups is 1. The van der Waals surface area contributed by atoms with Crippen molar-refractivity contribution in [1.82, 2.24) is 4.90 Å². The number of aliphatic hydroxyl groups is 1. The summed E-state index contributed by atoms with van der Waals surface area (Å²) in [6.07, 6.45) is 0. The highest BCUT2D eigenvalue weighted by Crippen LogP contribution is 2.23. The number of rotatable bonds is 5. The molecule has 2 aromatic carbocycles. The van der Waals surface area contributed by atoms with Crippen molar-refractivity contribution in [3.63, 3.8) is 0 Å². The first-order valence-corrected chi connectivity index (χ1v) is 8.38. The third kappa shape index (κ3) is 3.70. The van der Waals surface area contributed by atoms with Gasteiger partial charge in [0.1, 0.15) is 0 Å². The molecule has 0 spiro atoms. The molecule has 0 saturated carbocycles. The van der Waals surface area contributed by atoms with Gasteiger partial charge in [0.15, 0.2) is 0 Å². The molecule has 0 bridgehead atoms. The monoisotopic (exact) mass is 326 g/mol. The van der Waals surface area contributed by atoms with Crippen LogP contribution in [0.2, 0.25) is 0 Å². The minimum absolute atomic E-state index is 0.0624. The van der Waals surface area contributed by atoms with Crippen LogP contribution in [0.1, 0.15) is 5.56 Å². The second-order valence-electron chi connectivity index (χ2n) is 5.23. The van der Waals surface area contributed by atoms with Crippen molar-refractivity contribution in [1.29, 1.82) is 0 Å². The summed E-state index contributed by atoms with van der Waals surface area (Å²) >= 11 is 1.60. The van der Waals surface area contributed by atoms with E-state index in [2.05, 4.69) is 5.32 Å². The quantitative estimate of drug-likeness (QED) is 0.746. The molecule has 0 aliphatic rings. The SMILES string of the molecule is O=C(Nc1cccc2ccccc12)N(CCO)Cc1ccsc1. The Hall–Kier alpha value is -2.37. The van der Waals surface area contributed by atoms with Crippen LogP contribution in [-0.2, 0) is 6.54 Å². The molecule has 3 rings (SSSR count). The van der Waals surface area contributed by atoms with E-state index in [4.69, 9.17) is 0 Å². The molecule has 3 aromatic rings. The Kier molecular flexibility index (Phi) is 4.90. The highest BCUT2D eigenvalue weighted by atomic mass is 32.1. The third-order valence-electron chi connectivity index (χ3n) is 3.64. The molecule has 5 heteroatoms. The van der Waals surface area contributed by atoms with E-state index in [1.54, 1.807) is 16.2 Å². The van der Waals surface area contributed by atoms with Gasteiger partial charge in [0.05, 0.1) is 12.3 Å². The first-order valence-electron chi connectivity index (χ1n) is 7.43. The fraction of sp³-hybridized carbons (Fsp3) is 0.167. The van der Waals surface area contributed by atoms with E-state index in [0.717, 1.165) is 22.0 Å². The van der Waals surface area contributed by atoms with Crippen molar-refractivity contribution >= 4 is 33.8 Å². The van der Waals surface area contributed by atoms with Gasteiger partial charge in [-0.3, -0.25) is 0 Å². The van der Waals surface area contributed by atoms with E-state index in [1.807, 2.05) is 59.3 Å². The summed E-state index contributed by atoms with van der Waals surface area (Å²) in [6, 6.07) is 15.5. The molecule has 0 atom stereocenters.